The maximum absolute atomic E-state index is 5.71. The molecule has 0 spiro atoms. The van der Waals surface area contributed by atoms with Gasteiger partial charge in [0, 0.05) is 11.4 Å². The van der Waals surface area contributed by atoms with Gasteiger partial charge in [-0.05, 0) is 12.1 Å². The quantitative estimate of drug-likeness (QED) is 0.738. The van der Waals surface area contributed by atoms with E-state index >= 15 is 0 Å². The van der Waals surface area contributed by atoms with Crippen molar-refractivity contribution in [2.45, 2.75) is 6.61 Å². The molecule has 0 amide bonds. The average Bonchev–Trinajstić information content (AvgIpc) is 2.37. The molecule has 62 valence electrons. The van der Waals surface area contributed by atoms with Crippen LogP contribution in [0.1, 0.15) is 4.88 Å². The number of nitrogens with two attached hydrogens (primary N) is 1. The van der Waals surface area contributed by atoms with Crippen molar-refractivity contribution in [2.75, 3.05) is 13.2 Å². The first-order valence-electron chi connectivity index (χ1n) is 3.35. The van der Waals surface area contributed by atoms with E-state index in [0.717, 1.165) is 9.21 Å². The summed E-state index contributed by atoms with van der Waals surface area (Å²) >= 11 is 7.25. The van der Waals surface area contributed by atoms with Crippen molar-refractivity contribution in [1.82, 2.24) is 0 Å². The molecule has 1 aromatic rings. The monoisotopic (exact) mass is 191 g/mol. The summed E-state index contributed by atoms with van der Waals surface area (Å²) in [5.41, 5.74) is 5.25. The first-order chi connectivity index (χ1) is 5.33. The van der Waals surface area contributed by atoms with Crippen LogP contribution in [0.2, 0.25) is 4.34 Å². The van der Waals surface area contributed by atoms with Crippen molar-refractivity contribution in [2.24, 2.45) is 5.73 Å². The third-order valence-corrected chi connectivity index (χ3v) is 2.34. The number of hydrogen-bond donors (Lipinski definition) is 1. The second-order valence-corrected chi connectivity index (χ2v) is 3.85. The Morgan fingerprint density at radius 3 is 2.91 bits per heavy atom. The SMILES string of the molecule is NCCOCc1ccc(Cl)s1. The Hall–Kier alpha value is -0.0900. The second-order valence-electron chi connectivity index (χ2n) is 2.05. The van der Waals surface area contributed by atoms with Gasteiger partial charge in [0.1, 0.15) is 0 Å². The third-order valence-electron chi connectivity index (χ3n) is 1.14. The summed E-state index contributed by atoms with van der Waals surface area (Å²) in [6.07, 6.45) is 0. The fourth-order valence-electron chi connectivity index (χ4n) is 0.685. The summed E-state index contributed by atoms with van der Waals surface area (Å²) < 4.78 is 6.01. The van der Waals surface area contributed by atoms with Crippen LogP contribution in [-0.4, -0.2) is 13.2 Å². The highest BCUT2D eigenvalue weighted by Crippen LogP contribution is 2.21. The summed E-state index contributed by atoms with van der Waals surface area (Å²) in [7, 11) is 0. The number of halogens is 1. The van der Waals surface area contributed by atoms with E-state index in [4.69, 9.17) is 22.1 Å². The van der Waals surface area contributed by atoms with Gasteiger partial charge in [0.05, 0.1) is 17.6 Å². The molecule has 0 unspecified atom stereocenters. The zero-order chi connectivity index (χ0) is 8.10. The average molecular weight is 192 g/mol. The van der Waals surface area contributed by atoms with Gasteiger partial charge in [-0.25, -0.2) is 0 Å². The standard InChI is InChI=1S/C7H10ClNOS/c8-7-2-1-6(11-7)5-10-4-3-9/h1-2H,3-5,9H2. The second kappa shape index (κ2) is 4.72. The fourth-order valence-corrected chi connectivity index (χ4v) is 1.71. The Morgan fingerprint density at radius 2 is 2.36 bits per heavy atom. The van der Waals surface area contributed by atoms with Gasteiger partial charge in [0.15, 0.2) is 0 Å². The van der Waals surface area contributed by atoms with Gasteiger partial charge in [0.2, 0.25) is 0 Å². The van der Waals surface area contributed by atoms with Crippen LogP contribution >= 0.6 is 22.9 Å². The smallest absolute Gasteiger partial charge is 0.0932 e. The first-order valence-corrected chi connectivity index (χ1v) is 4.54. The highest BCUT2D eigenvalue weighted by atomic mass is 35.5. The lowest BCUT2D eigenvalue weighted by Crippen LogP contribution is -2.07. The van der Waals surface area contributed by atoms with Crippen LogP contribution in [0.4, 0.5) is 0 Å². The molecule has 0 aliphatic heterocycles. The van der Waals surface area contributed by atoms with Crippen molar-refractivity contribution < 1.29 is 4.74 Å². The summed E-state index contributed by atoms with van der Waals surface area (Å²) in [4.78, 5) is 1.14. The van der Waals surface area contributed by atoms with Gasteiger partial charge in [-0.15, -0.1) is 11.3 Å². The Bertz CT molecular complexity index is 214. The largest absolute Gasteiger partial charge is 0.375 e. The van der Waals surface area contributed by atoms with E-state index in [1.807, 2.05) is 12.1 Å². The molecule has 0 bridgehead atoms. The highest BCUT2D eigenvalue weighted by Gasteiger charge is 1.96. The minimum absolute atomic E-state index is 0.569. The van der Waals surface area contributed by atoms with Crippen LogP contribution in [0, 0.1) is 0 Å². The van der Waals surface area contributed by atoms with E-state index in [0.29, 0.717) is 19.8 Å². The minimum Gasteiger partial charge on any atom is -0.375 e. The summed E-state index contributed by atoms with van der Waals surface area (Å²) in [6, 6.07) is 3.83. The van der Waals surface area contributed by atoms with Crippen LogP contribution in [0.3, 0.4) is 0 Å². The van der Waals surface area contributed by atoms with E-state index in [1.165, 1.54) is 11.3 Å². The lowest BCUT2D eigenvalue weighted by atomic mass is 10.5. The van der Waals surface area contributed by atoms with Crippen LogP contribution in [0.15, 0.2) is 12.1 Å². The molecule has 1 aromatic heterocycles. The van der Waals surface area contributed by atoms with Crippen LogP contribution < -0.4 is 5.73 Å². The summed E-state index contributed by atoms with van der Waals surface area (Å²) in [6.45, 7) is 1.79. The van der Waals surface area contributed by atoms with Crippen molar-refractivity contribution in [3.8, 4) is 0 Å². The topological polar surface area (TPSA) is 35.2 Å². The summed E-state index contributed by atoms with van der Waals surface area (Å²) in [5.74, 6) is 0. The Balaban J connectivity index is 2.27. The molecule has 11 heavy (non-hydrogen) atoms. The molecule has 0 aromatic carbocycles. The normalized spacial score (nSPS) is 10.4. The molecule has 0 saturated carbocycles. The predicted octanol–water partition coefficient (Wildman–Crippen LogP) is 1.88. The van der Waals surface area contributed by atoms with Crippen LogP contribution in [0.25, 0.3) is 0 Å². The molecule has 0 aliphatic carbocycles. The molecule has 0 radical (unpaired) electrons. The molecular formula is C7H10ClNOS. The molecule has 0 fully saturated rings. The molecule has 2 nitrogen and oxygen atoms in total. The zero-order valence-electron chi connectivity index (χ0n) is 6.05. The summed E-state index contributed by atoms with van der Waals surface area (Å²) in [5, 5.41) is 0. The van der Waals surface area contributed by atoms with Gasteiger partial charge in [-0.1, -0.05) is 11.6 Å². The zero-order valence-corrected chi connectivity index (χ0v) is 7.62. The van der Waals surface area contributed by atoms with Crippen molar-refractivity contribution in [3.63, 3.8) is 0 Å². The van der Waals surface area contributed by atoms with Crippen LogP contribution in [0.5, 0.6) is 0 Å². The maximum Gasteiger partial charge on any atom is 0.0932 e. The number of rotatable bonds is 4. The van der Waals surface area contributed by atoms with Crippen molar-refractivity contribution in [1.29, 1.82) is 0 Å². The maximum atomic E-state index is 5.71. The highest BCUT2D eigenvalue weighted by molar-refractivity contribution is 7.16. The molecule has 0 aliphatic rings. The van der Waals surface area contributed by atoms with Gasteiger partial charge < -0.3 is 10.5 Å². The molecule has 1 heterocycles. The van der Waals surface area contributed by atoms with Gasteiger partial charge in [0.25, 0.3) is 0 Å². The van der Waals surface area contributed by atoms with Crippen LogP contribution in [-0.2, 0) is 11.3 Å². The predicted molar refractivity (Wildman–Crippen MR) is 48.0 cm³/mol. The van der Waals surface area contributed by atoms with E-state index in [9.17, 15) is 0 Å². The fraction of sp³-hybridized carbons (Fsp3) is 0.429. The number of thiophene rings is 1. The molecule has 2 N–H and O–H groups in total. The molecular weight excluding hydrogens is 182 g/mol. The molecule has 0 saturated heterocycles. The van der Waals surface area contributed by atoms with E-state index < -0.39 is 0 Å². The van der Waals surface area contributed by atoms with E-state index in [1.54, 1.807) is 0 Å². The van der Waals surface area contributed by atoms with Gasteiger partial charge >= 0.3 is 0 Å². The Labute approximate surface area is 74.9 Å². The number of hydrogen-bond acceptors (Lipinski definition) is 3. The lowest BCUT2D eigenvalue weighted by Gasteiger charge is -1.97. The number of ether oxygens (including phenoxy) is 1. The van der Waals surface area contributed by atoms with Gasteiger partial charge in [-0.2, -0.15) is 0 Å². The van der Waals surface area contributed by atoms with Crippen molar-refractivity contribution >= 4 is 22.9 Å². The van der Waals surface area contributed by atoms with Gasteiger partial charge in [-0.3, -0.25) is 0 Å². The Morgan fingerprint density at radius 1 is 1.55 bits per heavy atom. The minimum atomic E-state index is 0.569. The van der Waals surface area contributed by atoms with E-state index in [2.05, 4.69) is 0 Å². The Kier molecular flexibility index (Phi) is 3.86. The molecule has 0 atom stereocenters. The third kappa shape index (κ3) is 3.20. The van der Waals surface area contributed by atoms with E-state index in [-0.39, 0.29) is 0 Å². The van der Waals surface area contributed by atoms with Crippen molar-refractivity contribution in [3.05, 3.63) is 21.3 Å². The lowest BCUT2D eigenvalue weighted by molar-refractivity contribution is 0.130. The molecule has 1 rings (SSSR count). The molecule has 4 heteroatoms. The first kappa shape index (κ1) is 9.00.